The van der Waals surface area contributed by atoms with Crippen molar-refractivity contribution in [3.05, 3.63) is 28.5 Å². The molecule has 0 saturated heterocycles. The second-order valence-electron chi connectivity index (χ2n) is 3.86. The third-order valence-corrected chi connectivity index (χ3v) is 4.34. The first-order valence-electron chi connectivity index (χ1n) is 5.54. The molecule has 3 aromatic rings. The van der Waals surface area contributed by atoms with Crippen molar-refractivity contribution in [2.45, 2.75) is 10.9 Å². The number of nitrogens with two attached hydrogens (primary N) is 2. The molecule has 20 heavy (non-hydrogen) atoms. The zero-order valence-electron chi connectivity index (χ0n) is 10.1. The molecule has 0 spiro atoms. The standard InChI is InChI=1S/C11H9ClN6S2/c12-9-5-1-2-19-10(5)18-8(17-9)4-20-11-15-6(13)3-7(14)16-11/h1-3H,4H2,(H4,13,14,15,16). The Balaban J connectivity index is 1.82. The number of nitrogens with zero attached hydrogens (tertiary/aromatic N) is 4. The van der Waals surface area contributed by atoms with Gasteiger partial charge in [-0.15, -0.1) is 11.3 Å². The van der Waals surface area contributed by atoms with Gasteiger partial charge in [0.1, 0.15) is 27.4 Å². The van der Waals surface area contributed by atoms with E-state index < -0.39 is 0 Å². The Morgan fingerprint density at radius 2 is 1.90 bits per heavy atom. The molecule has 3 rings (SSSR count). The number of aromatic nitrogens is 4. The van der Waals surface area contributed by atoms with Crippen molar-refractivity contribution in [2.75, 3.05) is 11.5 Å². The highest BCUT2D eigenvalue weighted by molar-refractivity contribution is 7.98. The maximum atomic E-state index is 6.11. The van der Waals surface area contributed by atoms with Gasteiger partial charge in [0.05, 0.1) is 5.75 Å². The van der Waals surface area contributed by atoms with Crippen molar-refractivity contribution in [3.63, 3.8) is 0 Å². The fraction of sp³-hybridized carbons (Fsp3) is 0.0909. The van der Waals surface area contributed by atoms with E-state index >= 15 is 0 Å². The van der Waals surface area contributed by atoms with Crippen molar-refractivity contribution in [2.24, 2.45) is 0 Å². The van der Waals surface area contributed by atoms with Gasteiger partial charge in [0, 0.05) is 11.5 Å². The summed E-state index contributed by atoms with van der Waals surface area (Å²) in [6.45, 7) is 0. The first-order valence-corrected chi connectivity index (χ1v) is 7.78. The summed E-state index contributed by atoms with van der Waals surface area (Å²) in [6, 6.07) is 3.41. The molecule has 0 radical (unpaired) electrons. The van der Waals surface area contributed by atoms with E-state index in [1.807, 2.05) is 11.4 Å². The number of hydrogen-bond acceptors (Lipinski definition) is 8. The summed E-state index contributed by atoms with van der Waals surface area (Å²) in [5.41, 5.74) is 11.2. The number of anilines is 2. The van der Waals surface area contributed by atoms with Crippen LogP contribution in [0.25, 0.3) is 10.2 Å². The quantitative estimate of drug-likeness (QED) is 0.433. The lowest BCUT2D eigenvalue weighted by atomic mass is 10.4. The van der Waals surface area contributed by atoms with Gasteiger partial charge in [0.15, 0.2) is 5.16 Å². The highest BCUT2D eigenvalue weighted by Gasteiger charge is 2.09. The Kier molecular flexibility index (Phi) is 3.60. The van der Waals surface area contributed by atoms with Crippen molar-refractivity contribution < 1.29 is 0 Å². The number of rotatable bonds is 3. The van der Waals surface area contributed by atoms with Crippen LogP contribution in [0.4, 0.5) is 11.6 Å². The van der Waals surface area contributed by atoms with Gasteiger partial charge in [0.2, 0.25) is 0 Å². The average Bonchev–Trinajstić information content (AvgIpc) is 2.84. The molecule has 3 heterocycles. The first-order chi connectivity index (χ1) is 9.61. The fourth-order valence-electron chi connectivity index (χ4n) is 1.58. The summed E-state index contributed by atoms with van der Waals surface area (Å²) >= 11 is 9.00. The predicted octanol–water partition coefficient (Wildman–Crippen LogP) is 2.59. The average molecular weight is 325 g/mol. The van der Waals surface area contributed by atoms with Crippen molar-refractivity contribution >= 4 is 56.6 Å². The lowest BCUT2D eigenvalue weighted by Gasteiger charge is -2.03. The van der Waals surface area contributed by atoms with E-state index in [9.17, 15) is 0 Å². The van der Waals surface area contributed by atoms with Gasteiger partial charge in [-0.25, -0.2) is 19.9 Å². The largest absolute Gasteiger partial charge is 0.383 e. The Hall–Kier alpha value is -1.64. The summed E-state index contributed by atoms with van der Waals surface area (Å²) in [5.74, 6) is 1.80. The molecule has 0 aliphatic carbocycles. The molecule has 0 bridgehead atoms. The van der Waals surface area contributed by atoms with Gasteiger partial charge < -0.3 is 11.5 Å². The van der Waals surface area contributed by atoms with Crippen LogP contribution < -0.4 is 11.5 Å². The predicted molar refractivity (Wildman–Crippen MR) is 82.8 cm³/mol. The first kappa shape index (κ1) is 13.3. The van der Waals surface area contributed by atoms with Crippen LogP contribution in [0.15, 0.2) is 22.7 Å². The number of thiophene rings is 1. The topological polar surface area (TPSA) is 104 Å². The molecule has 0 aromatic carbocycles. The summed E-state index contributed by atoms with van der Waals surface area (Å²) in [6.07, 6.45) is 0. The minimum absolute atomic E-state index is 0.340. The normalized spacial score (nSPS) is 11.1. The smallest absolute Gasteiger partial charge is 0.191 e. The maximum Gasteiger partial charge on any atom is 0.191 e. The third kappa shape index (κ3) is 2.77. The van der Waals surface area contributed by atoms with Crippen molar-refractivity contribution in [1.29, 1.82) is 0 Å². The molecule has 0 saturated carbocycles. The van der Waals surface area contributed by atoms with Crippen LogP contribution in [0.2, 0.25) is 5.15 Å². The van der Waals surface area contributed by atoms with E-state index in [1.165, 1.54) is 29.2 Å². The highest BCUT2D eigenvalue weighted by Crippen LogP contribution is 2.27. The zero-order valence-corrected chi connectivity index (χ0v) is 12.5. The molecule has 0 aliphatic heterocycles. The third-order valence-electron chi connectivity index (χ3n) is 2.40. The van der Waals surface area contributed by atoms with E-state index in [0.29, 0.717) is 33.5 Å². The SMILES string of the molecule is Nc1cc(N)nc(SCc2nc(Cl)c3ccsc3n2)n1. The van der Waals surface area contributed by atoms with Crippen LogP contribution in [0.5, 0.6) is 0 Å². The lowest BCUT2D eigenvalue weighted by Crippen LogP contribution is -2.00. The van der Waals surface area contributed by atoms with Crippen molar-refractivity contribution in [1.82, 2.24) is 19.9 Å². The molecule has 6 nitrogen and oxygen atoms in total. The van der Waals surface area contributed by atoms with Crippen LogP contribution in [0, 0.1) is 0 Å². The van der Waals surface area contributed by atoms with E-state index in [4.69, 9.17) is 23.1 Å². The molecule has 9 heteroatoms. The molecular weight excluding hydrogens is 316 g/mol. The second-order valence-corrected chi connectivity index (χ2v) is 6.05. The Morgan fingerprint density at radius 3 is 2.65 bits per heavy atom. The number of thioether (sulfide) groups is 1. The summed E-state index contributed by atoms with van der Waals surface area (Å²) in [7, 11) is 0. The minimum atomic E-state index is 0.340. The van der Waals surface area contributed by atoms with Crippen LogP contribution in [-0.2, 0) is 5.75 Å². The number of fused-ring (bicyclic) bond motifs is 1. The Bertz CT molecular complexity index is 754. The van der Waals surface area contributed by atoms with Crippen LogP contribution in [-0.4, -0.2) is 19.9 Å². The number of hydrogen-bond donors (Lipinski definition) is 2. The molecule has 102 valence electrons. The van der Waals surface area contributed by atoms with Gasteiger partial charge in [-0.05, 0) is 11.4 Å². The van der Waals surface area contributed by atoms with Crippen LogP contribution in [0.1, 0.15) is 5.82 Å². The summed E-state index contributed by atoms with van der Waals surface area (Å²) < 4.78 is 0. The molecule has 0 unspecified atom stereocenters. The number of halogens is 1. The molecule has 0 aliphatic rings. The van der Waals surface area contributed by atoms with E-state index in [-0.39, 0.29) is 0 Å². The molecule has 4 N–H and O–H groups in total. The highest BCUT2D eigenvalue weighted by atomic mass is 35.5. The van der Waals surface area contributed by atoms with Gasteiger partial charge >= 0.3 is 0 Å². The molecule has 3 aromatic heterocycles. The second kappa shape index (κ2) is 5.39. The van der Waals surface area contributed by atoms with Crippen LogP contribution in [0.3, 0.4) is 0 Å². The Labute approximate surface area is 127 Å². The molecule has 0 fully saturated rings. The van der Waals surface area contributed by atoms with E-state index in [1.54, 1.807) is 0 Å². The van der Waals surface area contributed by atoms with Gasteiger partial charge in [-0.2, -0.15) is 0 Å². The number of nitrogen functional groups attached to an aromatic ring is 2. The molecule has 0 atom stereocenters. The zero-order chi connectivity index (χ0) is 14.1. The monoisotopic (exact) mass is 324 g/mol. The van der Waals surface area contributed by atoms with Gasteiger partial charge in [-0.1, -0.05) is 23.4 Å². The van der Waals surface area contributed by atoms with Crippen molar-refractivity contribution in [3.8, 4) is 0 Å². The summed E-state index contributed by atoms with van der Waals surface area (Å²) in [4.78, 5) is 17.7. The fourth-order valence-corrected chi connectivity index (χ4v) is 3.40. The maximum absolute atomic E-state index is 6.11. The summed E-state index contributed by atoms with van der Waals surface area (Å²) in [5, 5.41) is 3.76. The van der Waals surface area contributed by atoms with Crippen LogP contribution >= 0.6 is 34.7 Å². The van der Waals surface area contributed by atoms with E-state index in [2.05, 4.69) is 19.9 Å². The van der Waals surface area contributed by atoms with Gasteiger partial charge in [-0.3, -0.25) is 0 Å². The van der Waals surface area contributed by atoms with Gasteiger partial charge in [0.25, 0.3) is 0 Å². The minimum Gasteiger partial charge on any atom is -0.383 e. The van der Waals surface area contributed by atoms with E-state index in [0.717, 1.165) is 10.2 Å². The lowest BCUT2D eigenvalue weighted by molar-refractivity contribution is 0.977. The Morgan fingerprint density at radius 1 is 1.15 bits per heavy atom. The molecule has 0 amide bonds. The molecular formula is C11H9ClN6S2.